The molecule has 0 aliphatic heterocycles. The molecule has 0 spiro atoms. The molecule has 1 rings (SSSR count). The molecule has 1 aromatic rings. The molecule has 0 aliphatic rings. The van der Waals surface area contributed by atoms with Crippen molar-refractivity contribution in [3.63, 3.8) is 0 Å². The Balaban J connectivity index is 3.50. The van der Waals surface area contributed by atoms with Crippen LogP contribution in [-0.4, -0.2) is 29.3 Å². The fraction of sp³-hybridized carbons (Fsp3) is 0.455. The van der Waals surface area contributed by atoms with Crippen molar-refractivity contribution in [2.24, 2.45) is 0 Å². The van der Waals surface area contributed by atoms with Gasteiger partial charge in [-0.3, -0.25) is 0 Å². The minimum atomic E-state index is -3.39. The van der Waals surface area contributed by atoms with Gasteiger partial charge in [0.25, 0.3) is 0 Å². The fourth-order valence-electron chi connectivity index (χ4n) is 1.49. The van der Waals surface area contributed by atoms with Crippen LogP contribution in [0.4, 0.5) is 0 Å². The summed E-state index contributed by atoms with van der Waals surface area (Å²) in [6, 6.07) is 4.28. The van der Waals surface area contributed by atoms with Gasteiger partial charge in [-0.2, -0.15) is 0 Å². The van der Waals surface area contributed by atoms with Crippen LogP contribution in [0.3, 0.4) is 0 Å². The summed E-state index contributed by atoms with van der Waals surface area (Å²) in [6.07, 6.45) is 3.64. The first kappa shape index (κ1) is 14.2. The zero-order valence-corrected chi connectivity index (χ0v) is 11.7. The lowest BCUT2D eigenvalue weighted by Crippen LogP contribution is -2.04. The summed E-state index contributed by atoms with van der Waals surface area (Å²) in [4.78, 5) is 0.118. The van der Waals surface area contributed by atoms with Gasteiger partial charge in [0.05, 0.1) is 9.79 Å². The topological polar surface area (TPSA) is 68.3 Å². The summed E-state index contributed by atoms with van der Waals surface area (Å²) in [5.74, 6) is 0. The van der Waals surface area contributed by atoms with E-state index in [0.717, 1.165) is 24.5 Å². The maximum Gasteiger partial charge on any atom is 0.175 e. The minimum absolute atomic E-state index is 0.0591. The summed E-state index contributed by atoms with van der Waals surface area (Å²) < 4.78 is 45.9. The minimum Gasteiger partial charge on any atom is -0.224 e. The quantitative estimate of drug-likeness (QED) is 0.834. The van der Waals surface area contributed by atoms with Crippen LogP contribution in [0.1, 0.15) is 18.9 Å². The lowest BCUT2D eigenvalue weighted by molar-refractivity contribution is 0.599. The zero-order valence-electron chi connectivity index (χ0n) is 10.1. The van der Waals surface area contributed by atoms with Crippen LogP contribution >= 0.6 is 0 Å². The number of aryl methyl sites for hydroxylation is 1. The van der Waals surface area contributed by atoms with Gasteiger partial charge in [0.1, 0.15) is 0 Å². The van der Waals surface area contributed by atoms with Crippen molar-refractivity contribution < 1.29 is 16.8 Å². The largest absolute Gasteiger partial charge is 0.224 e. The highest BCUT2D eigenvalue weighted by molar-refractivity contribution is 7.91. The van der Waals surface area contributed by atoms with E-state index in [1.807, 2.05) is 6.92 Å². The highest BCUT2D eigenvalue weighted by atomic mass is 32.2. The van der Waals surface area contributed by atoms with Crippen LogP contribution < -0.4 is 0 Å². The van der Waals surface area contributed by atoms with Crippen LogP contribution in [0.25, 0.3) is 0 Å². The normalized spacial score (nSPS) is 12.6. The third-order valence-electron chi connectivity index (χ3n) is 2.33. The summed E-state index contributed by atoms with van der Waals surface area (Å²) >= 11 is 0. The molecule has 0 saturated carbocycles. The molecule has 0 atom stereocenters. The molecule has 1 aromatic carbocycles. The third kappa shape index (κ3) is 3.81. The maximum absolute atomic E-state index is 11.5. The van der Waals surface area contributed by atoms with E-state index >= 15 is 0 Å². The fourth-order valence-corrected chi connectivity index (χ4v) is 2.98. The highest BCUT2D eigenvalue weighted by Crippen LogP contribution is 2.20. The SMILES string of the molecule is CCCc1cc(S(C)(=O)=O)cc(S(C)(=O)=O)c1. The molecule has 0 bridgehead atoms. The predicted octanol–water partition coefficient (Wildman–Crippen LogP) is 1.45. The van der Waals surface area contributed by atoms with E-state index in [4.69, 9.17) is 0 Å². The number of hydrogen-bond acceptors (Lipinski definition) is 4. The smallest absolute Gasteiger partial charge is 0.175 e. The first-order valence-corrected chi connectivity index (χ1v) is 8.97. The van der Waals surface area contributed by atoms with E-state index in [9.17, 15) is 16.8 Å². The van der Waals surface area contributed by atoms with E-state index in [1.54, 1.807) is 0 Å². The van der Waals surface area contributed by atoms with E-state index in [2.05, 4.69) is 0 Å². The van der Waals surface area contributed by atoms with Gasteiger partial charge >= 0.3 is 0 Å². The molecule has 0 fully saturated rings. The van der Waals surface area contributed by atoms with E-state index in [0.29, 0.717) is 6.42 Å². The van der Waals surface area contributed by atoms with Gasteiger partial charge in [0, 0.05) is 12.5 Å². The van der Waals surface area contributed by atoms with Crippen LogP contribution in [0.15, 0.2) is 28.0 Å². The molecule has 0 saturated heterocycles. The summed E-state index contributed by atoms with van der Waals surface area (Å²) in [5, 5.41) is 0. The van der Waals surface area contributed by atoms with E-state index in [-0.39, 0.29) is 9.79 Å². The number of sulfone groups is 2. The average Bonchev–Trinajstić information content (AvgIpc) is 2.15. The number of rotatable bonds is 4. The Morgan fingerprint density at radius 3 is 1.59 bits per heavy atom. The molecule has 0 N–H and O–H groups in total. The van der Waals surface area contributed by atoms with Crippen molar-refractivity contribution in [3.8, 4) is 0 Å². The van der Waals surface area contributed by atoms with Gasteiger partial charge in [-0.15, -0.1) is 0 Å². The second kappa shape index (κ2) is 4.78. The Bertz CT molecular complexity index is 563. The lowest BCUT2D eigenvalue weighted by Gasteiger charge is -2.07. The summed E-state index contributed by atoms with van der Waals surface area (Å²) in [7, 11) is -6.78. The van der Waals surface area contributed by atoms with Crippen molar-refractivity contribution in [2.75, 3.05) is 12.5 Å². The Kier molecular flexibility index (Phi) is 3.99. The van der Waals surface area contributed by atoms with Crippen molar-refractivity contribution in [2.45, 2.75) is 29.6 Å². The standard InChI is InChI=1S/C11H16O4S2/c1-4-5-9-6-10(16(2,12)13)8-11(7-9)17(3,14)15/h6-8H,4-5H2,1-3H3. The van der Waals surface area contributed by atoms with Gasteiger partial charge in [0.2, 0.25) is 0 Å². The van der Waals surface area contributed by atoms with Gasteiger partial charge in [-0.1, -0.05) is 13.3 Å². The van der Waals surface area contributed by atoms with Crippen molar-refractivity contribution in [1.82, 2.24) is 0 Å². The second-order valence-electron chi connectivity index (χ2n) is 4.11. The van der Waals surface area contributed by atoms with Gasteiger partial charge in [0.15, 0.2) is 19.7 Å². The first-order chi connectivity index (χ1) is 7.64. The van der Waals surface area contributed by atoms with Crippen LogP contribution in [0.2, 0.25) is 0 Å². The number of hydrogen-bond donors (Lipinski definition) is 0. The first-order valence-electron chi connectivity index (χ1n) is 5.18. The Morgan fingerprint density at radius 1 is 0.882 bits per heavy atom. The molecule has 17 heavy (non-hydrogen) atoms. The monoisotopic (exact) mass is 276 g/mol. The van der Waals surface area contributed by atoms with Crippen molar-refractivity contribution in [3.05, 3.63) is 23.8 Å². The van der Waals surface area contributed by atoms with E-state index in [1.165, 1.54) is 18.2 Å². The lowest BCUT2D eigenvalue weighted by atomic mass is 10.1. The molecule has 0 amide bonds. The Morgan fingerprint density at radius 2 is 1.29 bits per heavy atom. The molecule has 0 radical (unpaired) electrons. The van der Waals surface area contributed by atoms with Crippen molar-refractivity contribution in [1.29, 1.82) is 0 Å². The van der Waals surface area contributed by atoms with E-state index < -0.39 is 19.7 Å². The second-order valence-corrected chi connectivity index (χ2v) is 8.14. The summed E-state index contributed by atoms with van der Waals surface area (Å²) in [6.45, 7) is 1.95. The Hall–Kier alpha value is -0.880. The van der Waals surface area contributed by atoms with Gasteiger partial charge in [-0.05, 0) is 30.2 Å². The van der Waals surface area contributed by atoms with Gasteiger partial charge < -0.3 is 0 Å². The zero-order chi connectivity index (χ0) is 13.3. The third-order valence-corrected chi connectivity index (χ3v) is 4.52. The molecule has 0 aliphatic carbocycles. The van der Waals surface area contributed by atoms with Gasteiger partial charge in [-0.25, -0.2) is 16.8 Å². The summed E-state index contributed by atoms with van der Waals surface area (Å²) in [5.41, 5.74) is 0.732. The maximum atomic E-state index is 11.5. The van der Waals surface area contributed by atoms with Crippen LogP contribution in [0.5, 0.6) is 0 Å². The molecular weight excluding hydrogens is 260 g/mol. The molecule has 6 heteroatoms. The molecule has 0 aromatic heterocycles. The Labute approximate surface area is 103 Å². The predicted molar refractivity (Wildman–Crippen MR) is 66.7 cm³/mol. The molecule has 96 valence electrons. The van der Waals surface area contributed by atoms with Crippen LogP contribution in [0, 0.1) is 0 Å². The van der Waals surface area contributed by atoms with Crippen LogP contribution in [-0.2, 0) is 26.1 Å². The highest BCUT2D eigenvalue weighted by Gasteiger charge is 2.15. The number of benzene rings is 1. The molecule has 4 nitrogen and oxygen atoms in total. The molecule has 0 unspecified atom stereocenters. The average molecular weight is 276 g/mol. The molecular formula is C11H16O4S2. The molecule has 0 heterocycles. The van der Waals surface area contributed by atoms with Crippen molar-refractivity contribution >= 4 is 19.7 Å².